The molecule has 1 fully saturated rings. The van der Waals surface area contributed by atoms with Crippen LogP contribution < -0.4 is 14.5 Å². The number of nitrogens with one attached hydrogen (secondary N) is 1. The van der Waals surface area contributed by atoms with E-state index in [1.54, 1.807) is 30.0 Å². The highest BCUT2D eigenvalue weighted by atomic mass is 79.9. The number of aryl methyl sites for hydroxylation is 1. The normalized spacial score (nSPS) is 22.1. The van der Waals surface area contributed by atoms with Gasteiger partial charge in [-0.1, -0.05) is 50.1 Å². The van der Waals surface area contributed by atoms with Crippen molar-refractivity contribution in [1.82, 2.24) is 9.96 Å². The van der Waals surface area contributed by atoms with E-state index in [-0.39, 0.29) is 10.9 Å². The van der Waals surface area contributed by atoms with E-state index in [2.05, 4.69) is 48.0 Å². The number of unbranched alkanes of at least 4 members (excludes halogenated alkanes) is 1. The topological polar surface area (TPSA) is 116 Å². The van der Waals surface area contributed by atoms with E-state index in [9.17, 15) is 21.4 Å². The highest BCUT2D eigenvalue weighted by Gasteiger charge is 2.59. The third-order valence-corrected chi connectivity index (χ3v) is 12.7. The first-order chi connectivity index (χ1) is 18.9. The number of hydroxylamine groups is 1. The van der Waals surface area contributed by atoms with Crippen LogP contribution in [0.3, 0.4) is 0 Å². The van der Waals surface area contributed by atoms with Crippen molar-refractivity contribution in [3.63, 3.8) is 0 Å². The lowest BCUT2D eigenvalue weighted by Gasteiger charge is -2.34. The Morgan fingerprint density at radius 1 is 1.15 bits per heavy atom. The number of fused-ring (bicyclic) bond motifs is 3. The first kappa shape index (κ1) is 30.6. The van der Waals surface area contributed by atoms with Gasteiger partial charge in [0.25, 0.3) is 5.01 Å². The fraction of sp³-hybridized carbons (Fsp3) is 0.400. The number of thioether (sulfide) groups is 1. The fourth-order valence-corrected chi connectivity index (χ4v) is 10.8. The van der Waals surface area contributed by atoms with Crippen molar-refractivity contribution in [2.24, 2.45) is 0 Å². The summed E-state index contributed by atoms with van der Waals surface area (Å²) in [5, 5.41) is 0.987. The minimum Gasteiger partial charge on any atom is -0.748 e. The van der Waals surface area contributed by atoms with Gasteiger partial charge in [-0.3, -0.25) is 0 Å². The van der Waals surface area contributed by atoms with E-state index >= 15 is 0 Å². The van der Waals surface area contributed by atoms with Gasteiger partial charge < -0.3 is 4.55 Å². The van der Waals surface area contributed by atoms with Crippen LogP contribution in [0.2, 0.25) is 0 Å². The van der Waals surface area contributed by atoms with Gasteiger partial charge in [-0.05, 0) is 42.4 Å². The van der Waals surface area contributed by atoms with Gasteiger partial charge in [0.05, 0.1) is 27.6 Å². The summed E-state index contributed by atoms with van der Waals surface area (Å²) in [6.07, 6.45) is 4.01. The van der Waals surface area contributed by atoms with Crippen LogP contribution in [-0.2, 0) is 31.1 Å². The molecule has 1 N–H and O–H groups in total. The van der Waals surface area contributed by atoms with Crippen LogP contribution >= 0.6 is 55.0 Å². The largest absolute Gasteiger partial charge is 0.748 e. The zero-order valence-corrected chi connectivity index (χ0v) is 27.9. The van der Waals surface area contributed by atoms with Crippen LogP contribution in [-0.4, -0.2) is 45.6 Å². The number of benzene rings is 2. The van der Waals surface area contributed by atoms with Gasteiger partial charge in [0.2, 0.25) is 10.9 Å². The molecule has 2 unspecified atom stereocenters. The second kappa shape index (κ2) is 12.0. The average molecular weight is 755 g/mol. The van der Waals surface area contributed by atoms with E-state index < -0.39 is 31.4 Å². The number of quaternary nitrogens is 1. The molecule has 0 amide bonds. The third-order valence-electron chi connectivity index (χ3n) is 7.03. The molecule has 3 aromatic rings. The Bertz CT molecular complexity index is 1690. The first-order valence-corrected chi connectivity index (χ1v) is 19.0. The van der Waals surface area contributed by atoms with Crippen LogP contribution in [0.15, 0.2) is 55.3 Å². The molecule has 1 saturated heterocycles. The lowest BCUT2D eigenvalue weighted by molar-refractivity contribution is -0.669. The second-order valence-corrected chi connectivity index (χ2v) is 16.8. The summed E-state index contributed by atoms with van der Waals surface area (Å²) in [7, 11) is -8.25. The summed E-state index contributed by atoms with van der Waals surface area (Å²) in [6.45, 7) is 3.26. The minimum atomic E-state index is -4.28. The summed E-state index contributed by atoms with van der Waals surface area (Å²) in [5.41, 5.74) is 4.44. The molecular formula is C25H28Br2N3O6S4+. The third kappa shape index (κ3) is 6.10. The molecule has 0 bridgehead atoms. The van der Waals surface area contributed by atoms with Crippen molar-refractivity contribution < 1.29 is 30.2 Å². The highest BCUT2D eigenvalue weighted by Crippen LogP contribution is 2.57. The Labute approximate surface area is 259 Å². The Hall–Kier alpha value is -0.880. The minimum absolute atomic E-state index is 0.152. The lowest BCUT2D eigenvalue weighted by Crippen LogP contribution is -2.54. The summed E-state index contributed by atoms with van der Waals surface area (Å²) in [4.78, 5) is 0.996. The molecular weight excluding hydrogens is 726 g/mol. The standard InChI is InChI=1S/C25H28Br2N3O6S4/c1-2-28-36-40(34,35)25-6-5-12-30(25)20-15-18(27)8-10-22(20)38-24(30)16-23-29(11-3-4-13-39(31,32)33)19-14-17(26)7-9-21(19)37-23/h7-10,14-16,25,28H,2-6,11-13H2,1H3/q+1. The van der Waals surface area contributed by atoms with Gasteiger partial charge in [0.1, 0.15) is 4.70 Å². The maximum absolute atomic E-state index is 13.5. The first-order valence-electron chi connectivity index (χ1n) is 12.7. The molecule has 5 rings (SSSR count). The second-order valence-electron chi connectivity index (χ2n) is 9.63. The summed E-state index contributed by atoms with van der Waals surface area (Å²) >= 11 is 10.3. The lowest BCUT2D eigenvalue weighted by atomic mass is 10.2. The Balaban J connectivity index is 1.63. The number of halogens is 2. The van der Waals surface area contributed by atoms with E-state index in [1.165, 1.54) is 0 Å². The number of nitrogens with zero attached hydrogens (tertiary/aromatic N) is 2. The predicted molar refractivity (Wildman–Crippen MR) is 165 cm³/mol. The quantitative estimate of drug-likeness (QED) is 0.0958. The van der Waals surface area contributed by atoms with Crippen LogP contribution in [0, 0.1) is 0 Å². The SMILES string of the molecule is CCNOS(=O)(=O)C1CCC[N+]12C(=Cc1sc3ccc(Br)cc3[n+]1CCCCS(=O)(=O)[O-])Sc1ccc(Br)cc12. The molecule has 2 aromatic carbocycles. The predicted octanol–water partition coefficient (Wildman–Crippen LogP) is 5.44. The van der Waals surface area contributed by atoms with E-state index in [4.69, 9.17) is 4.28 Å². The van der Waals surface area contributed by atoms with E-state index in [0.717, 1.165) is 39.8 Å². The van der Waals surface area contributed by atoms with Crippen LogP contribution in [0.4, 0.5) is 5.69 Å². The van der Waals surface area contributed by atoms with Crippen molar-refractivity contribution in [1.29, 1.82) is 0 Å². The van der Waals surface area contributed by atoms with Gasteiger partial charge in [0, 0.05) is 52.6 Å². The summed E-state index contributed by atoms with van der Waals surface area (Å²) in [6, 6.07) is 12.0. The molecule has 2 aliphatic heterocycles. The van der Waals surface area contributed by atoms with Gasteiger partial charge in [-0.2, -0.15) is 22.7 Å². The number of aromatic nitrogens is 1. The molecule has 0 saturated carbocycles. The summed E-state index contributed by atoms with van der Waals surface area (Å²) in [5.74, 6) is -0.402. The molecule has 216 valence electrons. The van der Waals surface area contributed by atoms with Crippen LogP contribution in [0.25, 0.3) is 16.3 Å². The molecule has 1 spiro atoms. The number of thiazole rings is 1. The van der Waals surface area contributed by atoms with Gasteiger partial charge in [0.15, 0.2) is 17.3 Å². The fourth-order valence-electron chi connectivity index (χ4n) is 5.38. The van der Waals surface area contributed by atoms with E-state index in [1.807, 2.05) is 36.4 Å². The number of hydrogen-bond acceptors (Lipinski definition) is 9. The van der Waals surface area contributed by atoms with Crippen LogP contribution in [0.1, 0.15) is 37.6 Å². The van der Waals surface area contributed by atoms with Gasteiger partial charge in [-0.25, -0.2) is 12.9 Å². The van der Waals surface area contributed by atoms with Crippen molar-refractivity contribution in [3.05, 3.63) is 55.4 Å². The molecule has 2 aliphatic rings. The average Bonchev–Trinajstić information content (AvgIpc) is 3.56. The highest BCUT2D eigenvalue weighted by molar-refractivity contribution is 9.10. The smallest absolute Gasteiger partial charge is 0.338 e. The molecule has 1 aromatic heterocycles. The number of rotatable bonds is 10. The van der Waals surface area contributed by atoms with Gasteiger partial charge >= 0.3 is 10.1 Å². The molecule has 3 heterocycles. The molecule has 15 heteroatoms. The monoisotopic (exact) mass is 752 g/mol. The van der Waals surface area contributed by atoms with Crippen LogP contribution in [0.5, 0.6) is 0 Å². The maximum Gasteiger partial charge on any atom is 0.338 e. The van der Waals surface area contributed by atoms with Crippen molar-refractivity contribution in [3.8, 4) is 0 Å². The zero-order valence-electron chi connectivity index (χ0n) is 21.5. The Kier molecular flexibility index (Phi) is 9.18. The molecule has 40 heavy (non-hydrogen) atoms. The molecule has 2 atom stereocenters. The molecule has 0 radical (unpaired) electrons. The Morgan fingerprint density at radius 3 is 2.65 bits per heavy atom. The van der Waals surface area contributed by atoms with Crippen molar-refractivity contribution >= 4 is 97.2 Å². The maximum atomic E-state index is 13.5. The van der Waals surface area contributed by atoms with Crippen molar-refractivity contribution in [2.45, 2.75) is 49.4 Å². The Morgan fingerprint density at radius 2 is 1.90 bits per heavy atom. The van der Waals surface area contributed by atoms with E-state index in [0.29, 0.717) is 38.9 Å². The summed E-state index contributed by atoms with van der Waals surface area (Å²) < 4.78 is 70.8. The molecule has 0 aliphatic carbocycles. The van der Waals surface area contributed by atoms with Gasteiger partial charge in [-0.15, -0.1) is 0 Å². The number of hydrogen-bond donors (Lipinski definition) is 1. The zero-order chi connectivity index (χ0) is 28.7. The molecule has 9 nitrogen and oxygen atoms in total. The van der Waals surface area contributed by atoms with Crippen molar-refractivity contribution in [2.75, 3.05) is 18.8 Å².